The topological polar surface area (TPSA) is 101 Å². The van der Waals surface area contributed by atoms with Crippen LogP contribution in [0, 0.1) is 28.5 Å². The van der Waals surface area contributed by atoms with Crippen LogP contribution in [0.15, 0.2) is 48.5 Å². The van der Waals surface area contributed by atoms with Gasteiger partial charge in [-0.3, -0.25) is 0 Å². The van der Waals surface area contributed by atoms with E-state index in [9.17, 15) is 9.18 Å². The third-order valence-corrected chi connectivity index (χ3v) is 3.68. The fraction of sp³-hybridized carbons (Fsp3) is 0.100. The molecule has 0 unspecified atom stereocenters. The standard InChI is InChI=1S/C20H13FN4O3/c1-2-27-20(26)28-19-10-18(15-6-14(12-23)7-16(21)9-15)25(24-19)17-5-3-4-13(8-17)11-22/h3-10H,2H2,1H3. The first-order valence-electron chi connectivity index (χ1n) is 8.20. The van der Waals surface area contributed by atoms with Crippen LogP contribution >= 0.6 is 0 Å². The minimum atomic E-state index is -0.929. The van der Waals surface area contributed by atoms with Crippen molar-refractivity contribution in [2.24, 2.45) is 0 Å². The number of hydrogen-bond acceptors (Lipinski definition) is 6. The molecule has 0 N–H and O–H groups in total. The molecule has 0 atom stereocenters. The molecule has 0 spiro atoms. The second-order valence-corrected chi connectivity index (χ2v) is 5.57. The van der Waals surface area contributed by atoms with Crippen LogP contribution in [0.3, 0.4) is 0 Å². The van der Waals surface area contributed by atoms with Crippen LogP contribution < -0.4 is 4.74 Å². The smallest absolute Gasteiger partial charge is 0.434 e. The van der Waals surface area contributed by atoms with Gasteiger partial charge < -0.3 is 9.47 Å². The first-order chi connectivity index (χ1) is 13.5. The number of carbonyl (C=O) groups is 1. The van der Waals surface area contributed by atoms with E-state index in [1.165, 1.54) is 22.9 Å². The quantitative estimate of drug-likeness (QED) is 0.639. The number of carbonyl (C=O) groups excluding carboxylic acids is 1. The van der Waals surface area contributed by atoms with E-state index >= 15 is 0 Å². The highest BCUT2D eigenvalue weighted by atomic mass is 19.1. The molecular weight excluding hydrogens is 363 g/mol. The maximum absolute atomic E-state index is 13.9. The Balaban J connectivity index is 2.15. The highest BCUT2D eigenvalue weighted by Gasteiger charge is 2.17. The molecule has 138 valence electrons. The van der Waals surface area contributed by atoms with E-state index < -0.39 is 12.0 Å². The zero-order valence-corrected chi connectivity index (χ0v) is 14.7. The van der Waals surface area contributed by atoms with Gasteiger partial charge in [0.05, 0.1) is 41.3 Å². The molecule has 1 heterocycles. The van der Waals surface area contributed by atoms with E-state index in [-0.39, 0.29) is 18.1 Å². The molecule has 0 bridgehead atoms. The van der Waals surface area contributed by atoms with Crippen LogP contribution in [0.2, 0.25) is 0 Å². The number of benzene rings is 2. The van der Waals surface area contributed by atoms with E-state index in [4.69, 9.17) is 20.0 Å². The number of ether oxygens (including phenoxy) is 2. The maximum atomic E-state index is 13.9. The lowest BCUT2D eigenvalue weighted by atomic mass is 10.1. The van der Waals surface area contributed by atoms with Gasteiger partial charge in [-0.2, -0.15) is 10.5 Å². The van der Waals surface area contributed by atoms with Gasteiger partial charge in [0.15, 0.2) is 0 Å². The summed E-state index contributed by atoms with van der Waals surface area (Å²) in [6.45, 7) is 1.76. The lowest BCUT2D eigenvalue weighted by Gasteiger charge is -2.08. The van der Waals surface area contributed by atoms with Crippen molar-refractivity contribution in [2.45, 2.75) is 6.92 Å². The Labute approximate surface area is 159 Å². The van der Waals surface area contributed by atoms with Crippen LogP contribution in [-0.2, 0) is 4.74 Å². The Morgan fingerprint density at radius 3 is 2.64 bits per heavy atom. The fourth-order valence-corrected chi connectivity index (χ4v) is 2.55. The summed E-state index contributed by atoms with van der Waals surface area (Å²) >= 11 is 0. The summed E-state index contributed by atoms with van der Waals surface area (Å²) in [5.41, 5.74) is 1.73. The fourth-order valence-electron chi connectivity index (χ4n) is 2.55. The van der Waals surface area contributed by atoms with Gasteiger partial charge in [-0.15, -0.1) is 5.10 Å². The summed E-state index contributed by atoms with van der Waals surface area (Å²) in [6.07, 6.45) is -0.929. The Kier molecular flexibility index (Phi) is 5.33. The average Bonchev–Trinajstić information content (AvgIpc) is 3.11. The lowest BCUT2D eigenvalue weighted by molar-refractivity contribution is 0.102. The molecule has 0 amide bonds. The second-order valence-electron chi connectivity index (χ2n) is 5.57. The first kappa shape index (κ1) is 18.6. The zero-order chi connectivity index (χ0) is 20.1. The highest BCUT2D eigenvalue weighted by molar-refractivity contribution is 5.68. The normalized spacial score (nSPS) is 10.0. The number of nitriles is 2. The van der Waals surface area contributed by atoms with E-state index in [2.05, 4.69) is 5.10 Å². The van der Waals surface area contributed by atoms with Crippen LogP contribution in [-0.4, -0.2) is 22.5 Å². The summed E-state index contributed by atoms with van der Waals surface area (Å²) in [5, 5.41) is 22.5. The van der Waals surface area contributed by atoms with Crippen LogP contribution in [0.1, 0.15) is 18.1 Å². The van der Waals surface area contributed by atoms with Crippen molar-refractivity contribution in [2.75, 3.05) is 6.61 Å². The predicted molar refractivity (Wildman–Crippen MR) is 96.0 cm³/mol. The van der Waals surface area contributed by atoms with Crippen molar-refractivity contribution in [1.29, 1.82) is 10.5 Å². The monoisotopic (exact) mass is 376 g/mol. The number of rotatable bonds is 4. The summed E-state index contributed by atoms with van der Waals surface area (Å²) in [5.74, 6) is -0.668. The molecule has 1 aromatic heterocycles. The summed E-state index contributed by atoms with van der Waals surface area (Å²) in [7, 11) is 0. The second kappa shape index (κ2) is 8.02. The van der Waals surface area contributed by atoms with Gasteiger partial charge in [-0.05, 0) is 43.3 Å². The molecule has 8 heteroatoms. The van der Waals surface area contributed by atoms with Crippen LogP contribution in [0.5, 0.6) is 5.88 Å². The first-order valence-corrected chi connectivity index (χ1v) is 8.20. The largest absolute Gasteiger partial charge is 0.515 e. The van der Waals surface area contributed by atoms with Gasteiger partial charge in [-0.1, -0.05) is 6.07 Å². The third-order valence-electron chi connectivity index (χ3n) is 3.68. The molecule has 0 aliphatic carbocycles. The van der Waals surface area contributed by atoms with Crippen LogP contribution in [0.4, 0.5) is 9.18 Å². The van der Waals surface area contributed by atoms with Crippen molar-refractivity contribution in [3.8, 4) is 35.0 Å². The van der Waals surface area contributed by atoms with Gasteiger partial charge in [0, 0.05) is 11.6 Å². The van der Waals surface area contributed by atoms with E-state index in [1.807, 2.05) is 12.1 Å². The minimum Gasteiger partial charge on any atom is -0.434 e. The van der Waals surface area contributed by atoms with Gasteiger partial charge in [0.25, 0.3) is 0 Å². The molecular formula is C20H13FN4O3. The Bertz CT molecular complexity index is 1130. The number of aromatic nitrogens is 2. The summed E-state index contributed by atoms with van der Waals surface area (Å²) in [4.78, 5) is 11.6. The molecule has 28 heavy (non-hydrogen) atoms. The zero-order valence-electron chi connectivity index (χ0n) is 14.7. The molecule has 0 saturated carbocycles. The minimum absolute atomic E-state index is 0.0708. The van der Waals surface area contributed by atoms with Crippen molar-refractivity contribution >= 4 is 6.16 Å². The SMILES string of the molecule is CCOC(=O)Oc1cc(-c2cc(F)cc(C#N)c2)n(-c2cccc(C#N)c2)n1. The third kappa shape index (κ3) is 3.97. The number of halogens is 1. The molecule has 3 rings (SSSR count). The summed E-state index contributed by atoms with van der Waals surface area (Å²) in [6, 6.07) is 15.7. The highest BCUT2D eigenvalue weighted by Crippen LogP contribution is 2.29. The molecule has 0 saturated heterocycles. The average molecular weight is 376 g/mol. The Morgan fingerprint density at radius 2 is 1.93 bits per heavy atom. The van der Waals surface area contributed by atoms with Gasteiger partial charge in [0.1, 0.15) is 5.82 Å². The molecule has 2 aromatic carbocycles. The molecule has 0 aliphatic heterocycles. The predicted octanol–water partition coefficient (Wildman–Crippen LogP) is 3.96. The molecule has 3 aromatic rings. The number of nitrogens with zero attached hydrogens (tertiary/aromatic N) is 4. The van der Waals surface area contributed by atoms with E-state index in [0.29, 0.717) is 22.5 Å². The number of hydrogen-bond donors (Lipinski definition) is 0. The van der Waals surface area contributed by atoms with Crippen LogP contribution in [0.25, 0.3) is 16.9 Å². The van der Waals surface area contributed by atoms with Gasteiger partial charge in [0.2, 0.25) is 5.88 Å². The van der Waals surface area contributed by atoms with Crippen molar-refractivity contribution < 1.29 is 18.7 Å². The molecule has 0 radical (unpaired) electrons. The van der Waals surface area contributed by atoms with Crippen molar-refractivity contribution in [1.82, 2.24) is 9.78 Å². The molecule has 0 aliphatic rings. The van der Waals surface area contributed by atoms with Crippen molar-refractivity contribution in [3.05, 3.63) is 65.5 Å². The van der Waals surface area contributed by atoms with Gasteiger partial charge in [-0.25, -0.2) is 13.9 Å². The maximum Gasteiger partial charge on any atom is 0.515 e. The summed E-state index contributed by atoms with van der Waals surface area (Å²) < 4.78 is 25.1. The Morgan fingerprint density at radius 1 is 1.14 bits per heavy atom. The van der Waals surface area contributed by atoms with E-state index in [1.54, 1.807) is 31.2 Å². The van der Waals surface area contributed by atoms with Gasteiger partial charge >= 0.3 is 6.16 Å². The molecule has 0 fully saturated rings. The Hall–Kier alpha value is -4.17. The van der Waals surface area contributed by atoms with Crippen molar-refractivity contribution in [3.63, 3.8) is 0 Å². The van der Waals surface area contributed by atoms with E-state index in [0.717, 1.165) is 6.07 Å². The molecule has 7 nitrogen and oxygen atoms in total. The lowest BCUT2D eigenvalue weighted by Crippen LogP contribution is -2.10.